The first kappa shape index (κ1) is 19.3. The topological polar surface area (TPSA) is 107 Å². The van der Waals surface area contributed by atoms with Crippen molar-refractivity contribution >= 4 is 29.5 Å². The van der Waals surface area contributed by atoms with Gasteiger partial charge in [-0.05, 0) is 26.0 Å². The Morgan fingerprint density at radius 2 is 1.50 bits per heavy atom. The number of ether oxygens (including phenoxy) is 2. The van der Waals surface area contributed by atoms with E-state index in [0.717, 1.165) is 4.90 Å². The van der Waals surface area contributed by atoms with Gasteiger partial charge in [0, 0.05) is 0 Å². The van der Waals surface area contributed by atoms with E-state index in [9.17, 15) is 24.0 Å². The lowest BCUT2D eigenvalue weighted by Crippen LogP contribution is -2.40. The highest BCUT2D eigenvalue weighted by atomic mass is 16.5. The van der Waals surface area contributed by atoms with Gasteiger partial charge in [0.05, 0.1) is 37.3 Å². The van der Waals surface area contributed by atoms with Crippen LogP contribution in [0.2, 0.25) is 0 Å². The van der Waals surface area contributed by atoms with Crippen molar-refractivity contribution in [2.75, 3.05) is 19.8 Å². The summed E-state index contributed by atoms with van der Waals surface area (Å²) in [5.41, 5.74) is 0.395. The van der Waals surface area contributed by atoms with Crippen molar-refractivity contribution in [2.45, 2.75) is 20.3 Å². The Morgan fingerprint density at radius 1 is 0.962 bits per heavy atom. The standard InChI is InChI=1S/C18H19NO7/c1-3-25-15(21)9-13(18(24)26-4-2)14(20)10-19-16(22)11-7-5-6-8-12(11)17(19)23/h5-8,13H,3-4,9-10H2,1-2H3/i13+1. The van der Waals surface area contributed by atoms with Crippen LogP contribution in [0, 0.1) is 5.92 Å². The quantitative estimate of drug-likeness (QED) is 0.294. The maximum Gasteiger partial charge on any atom is 0.317 e. The van der Waals surface area contributed by atoms with E-state index in [1.807, 2.05) is 0 Å². The zero-order chi connectivity index (χ0) is 19.3. The van der Waals surface area contributed by atoms with Crippen LogP contribution in [0.1, 0.15) is 41.0 Å². The Labute approximate surface area is 150 Å². The molecule has 1 aliphatic rings. The molecule has 1 aliphatic heterocycles. The molecule has 0 aliphatic carbocycles. The SMILES string of the molecule is CCOC(=O)C[13CH](C(=O)CN1C(=O)c2ccccc2C1=O)C(=O)OCC. The molecule has 2 amide bonds. The third kappa shape index (κ3) is 3.96. The van der Waals surface area contributed by atoms with Gasteiger partial charge in [0.15, 0.2) is 5.78 Å². The summed E-state index contributed by atoms with van der Waals surface area (Å²) in [6.07, 6.45) is -0.505. The Morgan fingerprint density at radius 3 is 2.00 bits per heavy atom. The molecular formula is C18H19NO7. The molecule has 1 heterocycles. The fraction of sp³-hybridized carbons (Fsp3) is 0.389. The molecule has 2 rings (SSSR count). The molecule has 0 saturated heterocycles. The summed E-state index contributed by atoms with van der Waals surface area (Å²) in [4.78, 5) is 61.7. The van der Waals surface area contributed by atoms with Gasteiger partial charge in [-0.3, -0.25) is 28.9 Å². The van der Waals surface area contributed by atoms with Gasteiger partial charge in [0.25, 0.3) is 11.8 Å². The second kappa shape index (κ2) is 8.37. The molecule has 1 aromatic rings. The van der Waals surface area contributed by atoms with E-state index in [4.69, 9.17) is 9.47 Å². The number of benzene rings is 1. The third-order valence-corrected chi connectivity index (χ3v) is 3.83. The number of carbonyl (C=O) groups is 5. The van der Waals surface area contributed by atoms with Crippen LogP contribution >= 0.6 is 0 Å². The average molecular weight is 362 g/mol. The molecule has 1 aromatic carbocycles. The average Bonchev–Trinajstić information content (AvgIpc) is 2.85. The molecule has 0 saturated carbocycles. The first-order chi connectivity index (χ1) is 12.4. The van der Waals surface area contributed by atoms with Crippen molar-refractivity contribution in [1.82, 2.24) is 4.90 Å². The van der Waals surface area contributed by atoms with Crippen LogP contribution < -0.4 is 0 Å². The first-order valence-electron chi connectivity index (χ1n) is 8.20. The molecule has 0 bridgehead atoms. The van der Waals surface area contributed by atoms with Crippen LogP contribution in [0.15, 0.2) is 24.3 Å². The van der Waals surface area contributed by atoms with Crippen molar-refractivity contribution in [1.29, 1.82) is 0 Å². The van der Waals surface area contributed by atoms with Crippen molar-refractivity contribution in [3.8, 4) is 0 Å². The zero-order valence-corrected chi connectivity index (χ0v) is 14.5. The van der Waals surface area contributed by atoms with Gasteiger partial charge >= 0.3 is 11.9 Å². The maximum atomic E-state index is 12.5. The molecule has 8 heteroatoms. The summed E-state index contributed by atoms with van der Waals surface area (Å²) in [7, 11) is 0. The minimum atomic E-state index is -1.43. The molecule has 138 valence electrons. The molecule has 0 fully saturated rings. The van der Waals surface area contributed by atoms with Gasteiger partial charge in [-0.25, -0.2) is 0 Å². The lowest BCUT2D eigenvalue weighted by molar-refractivity contribution is -0.158. The van der Waals surface area contributed by atoms with Gasteiger partial charge in [-0.1, -0.05) is 12.1 Å². The highest BCUT2D eigenvalue weighted by Gasteiger charge is 2.39. The molecule has 0 aromatic heterocycles. The monoisotopic (exact) mass is 362 g/mol. The van der Waals surface area contributed by atoms with Crippen LogP contribution in [-0.4, -0.2) is 54.2 Å². The number of nitrogens with zero attached hydrogens (tertiary/aromatic N) is 1. The number of hydrogen-bond acceptors (Lipinski definition) is 7. The summed E-state index contributed by atoms with van der Waals surface area (Å²) in [6, 6.07) is 6.19. The highest BCUT2D eigenvalue weighted by Crippen LogP contribution is 2.23. The Kier molecular flexibility index (Phi) is 6.21. The predicted octanol–water partition coefficient (Wildman–Crippen LogP) is 0.984. The molecule has 26 heavy (non-hydrogen) atoms. The van der Waals surface area contributed by atoms with Crippen LogP contribution in [0.3, 0.4) is 0 Å². The van der Waals surface area contributed by atoms with Gasteiger partial charge in [-0.2, -0.15) is 0 Å². The minimum absolute atomic E-state index is 0.0262. The van der Waals surface area contributed by atoms with Crippen LogP contribution in [0.25, 0.3) is 0 Å². The van der Waals surface area contributed by atoms with Crippen LogP contribution in [0.5, 0.6) is 0 Å². The lowest BCUT2D eigenvalue weighted by atomic mass is 10.1. The predicted molar refractivity (Wildman–Crippen MR) is 88.2 cm³/mol. The number of esters is 2. The smallest absolute Gasteiger partial charge is 0.317 e. The van der Waals surface area contributed by atoms with Gasteiger partial charge in [0.2, 0.25) is 0 Å². The van der Waals surface area contributed by atoms with Crippen LogP contribution in [0.4, 0.5) is 0 Å². The van der Waals surface area contributed by atoms with E-state index in [0.29, 0.717) is 0 Å². The van der Waals surface area contributed by atoms with Gasteiger partial charge in [0.1, 0.15) is 5.92 Å². The summed E-state index contributed by atoms with van der Waals surface area (Å²) in [5, 5.41) is 0. The van der Waals surface area contributed by atoms with Crippen LogP contribution in [-0.2, 0) is 23.9 Å². The molecular weight excluding hydrogens is 343 g/mol. The van der Waals surface area contributed by atoms with Crippen molar-refractivity contribution < 1.29 is 33.4 Å². The Hall–Kier alpha value is -3.03. The Bertz CT molecular complexity index is 721. The molecule has 8 nitrogen and oxygen atoms in total. The summed E-state index contributed by atoms with van der Waals surface area (Å²) in [6.45, 7) is 2.67. The maximum absolute atomic E-state index is 12.5. The number of imide groups is 1. The van der Waals surface area contributed by atoms with Gasteiger partial charge < -0.3 is 9.47 Å². The minimum Gasteiger partial charge on any atom is -0.466 e. The Balaban J connectivity index is 2.16. The third-order valence-electron chi connectivity index (χ3n) is 3.83. The molecule has 0 spiro atoms. The first-order valence-corrected chi connectivity index (χ1v) is 8.20. The van der Waals surface area contributed by atoms with E-state index < -0.39 is 48.4 Å². The van der Waals surface area contributed by atoms with E-state index in [1.54, 1.807) is 26.0 Å². The number of hydrogen-bond donors (Lipinski definition) is 0. The lowest BCUT2D eigenvalue weighted by Gasteiger charge is -2.18. The molecule has 1 atom stereocenters. The van der Waals surface area contributed by atoms with E-state index >= 15 is 0 Å². The molecule has 0 N–H and O–H groups in total. The van der Waals surface area contributed by atoms with Gasteiger partial charge in [-0.15, -0.1) is 0 Å². The second-order valence-corrected chi connectivity index (χ2v) is 5.52. The number of rotatable bonds is 8. The number of ketones is 1. The normalized spacial score (nSPS) is 14.0. The van der Waals surface area contributed by atoms with E-state index in [1.165, 1.54) is 12.1 Å². The summed E-state index contributed by atoms with van der Waals surface area (Å²) in [5.74, 6) is -5.04. The largest absolute Gasteiger partial charge is 0.466 e. The van der Waals surface area contributed by atoms with Crippen molar-refractivity contribution in [2.24, 2.45) is 5.92 Å². The van der Waals surface area contributed by atoms with E-state index in [2.05, 4.69) is 0 Å². The number of carbonyl (C=O) groups excluding carboxylic acids is 5. The summed E-state index contributed by atoms with van der Waals surface area (Å²) >= 11 is 0. The van der Waals surface area contributed by atoms with Crippen molar-refractivity contribution in [3.05, 3.63) is 35.4 Å². The van der Waals surface area contributed by atoms with Crippen molar-refractivity contribution in [3.63, 3.8) is 0 Å². The second-order valence-electron chi connectivity index (χ2n) is 5.52. The highest BCUT2D eigenvalue weighted by molar-refractivity contribution is 6.22. The fourth-order valence-electron chi connectivity index (χ4n) is 2.61. The van der Waals surface area contributed by atoms with E-state index in [-0.39, 0.29) is 24.3 Å². The molecule has 1 unspecified atom stereocenters. The summed E-state index contributed by atoms with van der Waals surface area (Å²) < 4.78 is 9.60. The zero-order valence-electron chi connectivity index (χ0n) is 14.5. The number of amides is 2. The fourth-order valence-corrected chi connectivity index (χ4v) is 2.61. The number of Topliss-reactive ketones (excluding diaryl/α,β-unsaturated/α-hetero) is 1. The number of fused-ring (bicyclic) bond motifs is 1. The molecule has 0 radical (unpaired) electrons.